The van der Waals surface area contributed by atoms with Gasteiger partial charge in [0.15, 0.2) is 6.79 Å². The molecule has 0 fully saturated rings. The number of benzene rings is 1. The summed E-state index contributed by atoms with van der Waals surface area (Å²) in [5, 5.41) is 1.71. The van der Waals surface area contributed by atoms with E-state index >= 15 is 0 Å². The molecule has 0 heterocycles. The van der Waals surface area contributed by atoms with Crippen LogP contribution in [0.4, 0.5) is 5.69 Å². The molecule has 0 N–H and O–H groups in total. The van der Waals surface area contributed by atoms with Crippen LogP contribution in [-0.2, 0) is 9.57 Å². The molecule has 1 aromatic rings. The van der Waals surface area contributed by atoms with Gasteiger partial charge in [0.2, 0.25) is 0 Å². The average Bonchev–Trinajstić information content (AvgIpc) is 2.30. The molecule has 0 aromatic heterocycles. The molecule has 1 rings (SSSR count). The average molecular weight is 227 g/mol. The highest BCUT2D eigenvalue weighted by molar-refractivity contribution is 7.98. The molecule has 0 atom stereocenters. The van der Waals surface area contributed by atoms with Crippen LogP contribution in [0.2, 0.25) is 0 Å². The molecule has 0 saturated carbocycles. The summed E-state index contributed by atoms with van der Waals surface area (Å²) in [7, 11) is 1.87. The van der Waals surface area contributed by atoms with Gasteiger partial charge in [-0.15, -0.1) is 0 Å². The first kappa shape index (κ1) is 12.4. The Morgan fingerprint density at radius 2 is 2.00 bits per heavy atom. The van der Waals surface area contributed by atoms with Gasteiger partial charge in [-0.2, -0.15) is 11.8 Å². The van der Waals surface area contributed by atoms with Gasteiger partial charge in [-0.3, -0.25) is 5.06 Å². The number of hydrogen-bond donors (Lipinski definition) is 0. The number of rotatable bonds is 7. The van der Waals surface area contributed by atoms with Gasteiger partial charge in [0.1, 0.15) is 0 Å². The molecule has 3 nitrogen and oxygen atoms in total. The number of anilines is 1. The van der Waals surface area contributed by atoms with E-state index in [0.29, 0.717) is 6.79 Å². The van der Waals surface area contributed by atoms with Gasteiger partial charge < -0.3 is 4.74 Å². The minimum absolute atomic E-state index is 0.298. The fraction of sp³-hybridized carbons (Fsp3) is 0.455. The highest BCUT2D eigenvalue weighted by atomic mass is 32.2. The minimum atomic E-state index is 0.298. The minimum Gasteiger partial charge on any atom is -0.352 e. The quantitative estimate of drug-likeness (QED) is 0.405. The molecule has 0 unspecified atom stereocenters. The molecule has 0 aliphatic rings. The second kappa shape index (κ2) is 7.56. The topological polar surface area (TPSA) is 21.7 Å². The number of thioether (sulfide) groups is 1. The lowest BCUT2D eigenvalue weighted by Crippen LogP contribution is -2.20. The van der Waals surface area contributed by atoms with E-state index in [4.69, 9.17) is 9.57 Å². The number of hydrogen-bond acceptors (Lipinski definition) is 4. The molecule has 0 spiro atoms. The Kier molecular flexibility index (Phi) is 6.23. The third-order valence-electron chi connectivity index (χ3n) is 1.88. The van der Waals surface area contributed by atoms with Crippen molar-refractivity contribution < 1.29 is 9.57 Å². The molecular formula is C11H17NO2S. The van der Waals surface area contributed by atoms with Crippen molar-refractivity contribution in [2.24, 2.45) is 0 Å². The maximum atomic E-state index is 5.38. The second-order valence-electron chi connectivity index (χ2n) is 2.98. The van der Waals surface area contributed by atoms with Gasteiger partial charge in [-0.05, 0) is 18.4 Å². The van der Waals surface area contributed by atoms with Crippen molar-refractivity contribution in [1.29, 1.82) is 0 Å². The molecule has 0 aliphatic carbocycles. The third-order valence-corrected chi connectivity index (χ3v) is 2.46. The zero-order chi connectivity index (χ0) is 10.9. The van der Waals surface area contributed by atoms with Gasteiger partial charge in [0, 0.05) is 12.8 Å². The first-order chi connectivity index (χ1) is 7.34. The van der Waals surface area contributed by atoms with Crippen LogP contribution in [0.3, 0.4) is 0 Å². The summed E-state index contributed by atoms with van der Waals surface area (Å²) < 4.78 is 5.28. The van der Waals surface area contributed by atoms with E-state index in [9.17, 15) is 0 Å². The van der Waals surface area contributed by atoms with E-state index < -0.39 is 0 Å². The van der Waals surface area contributed by atoms with Crippen LogP contribution in [0.25, 0.3) is 0 Å². The lowest BCUT2D eigenvalue weighted by Gasteiger charge is -2.18. The zero-order valence-corrected chi connectivity index (χ0v) is 10.00. The van der Waals surface area contributed by atoms with E-state index in [1.807, 2.05) is 37.4 Å². The summed E-state index contributed by atoms with van der Waals surface area (Å²) in [6, 6.07) is 9.91. The van der Waals surface area contributed by atoms with Crippen LogP contribution in [0.5, 0.6) is 0 Å². The maximum absolute atomic E-state index is 5.38. The summed E-state index contributed by atoms with van der Waals surface area (Å²) in [5.41, 5.74) is 1.02. The summed E-state index contributed by atoms with van der Waals surface area (Å²) in [5.74, 6) is 0.998. The predicted molar refractivity (Wildman–Crippen MR) is 65.1 cm³/mol. The van der Waals surface area contributed by atoms with E-state index in [0.717, 1.165) is 18.0 Å². The van der Waals surface area contributed by atoms with Crippen LogP contribution >= 0.6 is 11.8 Å². The Bertz CT molecular complexity index is 256. The van der Waals surface area contributed by atoms with Crippen molar-refractivity contribution in [3.63, 3.8) is 0 Å². The van der Waals surface area contributed by atoms with Crippen molar-refractivity contribution in [3.05, 3.63) is 30.3 Å². The summed E-state index contributed by atoms with van der Waals surface area (Å²) in [4.78, 5) is 5.38. The lowest BCUT2D eigenvalue weighted by molar-refractivity contribution is -0.0545. The monoisotopic (exact) mass is 227 g/mol. The van der Waals surface area contributed by atoms with E-state index in [1.165, 1.54) is 0 Å². The largest absolute Gasteiger partial charge is 0.352 e. The van der Waals surface area contributed by atoms with Gasteiger partial charge in [0.05, 0.1) is 12.3 Å². The summed E-state index contributed by atoms with van der Waals surface area (Å²) in [6.45, 7) is 1.02. The van der Waals surface area contributed by atoms with Crippen LogP contribution in [0.15, 0.2) is 30.3 Å². The molecule has 0 bridgehead atoms. The molecule has 0 aliphatic heterocycles. The van der Waals surface area contributed by atoms with Gasteiger partial charge in [-0.25, -0.2) is 4.84 Å². The van der Waals surface area contributed by atoms with E-state index in [1.54, 1.807) is 16.8 Å². The molecule has 1 aromatic carbocycles. The molecule has 84 valence electrons. The Morgan fingerprint density at radius 3 is 2.67 bits per heavy atom. The van der Waals surface area contributed by atoms with Crippen molar-refractivity contribution in [2.75, 3.05) is 37.5 Å². The third kappa shape index (κ3) is 5.06. The van der Waals surface area contributed by atoms with Crippen LogP contribution < -0.4 is 5.06 Å². The normalized spacial score (nSPS) is 10.3. The van der Waals surface area contributed by atoms with Crippen molar-refractivity contribution in [3.8, 4) is 0 Å². The molecular weight excluding hydrogens is 210 g/mol. The Morgan fingerprint density at radius 1 is 1.27 bits per heavy atom. The number of ether oxygens (including phenoxy) is 1. The molecule has 0 amide bonds. The van der Waals surface area contributed by atoms with Gasteiger partial charge in [-0.1, -0.05) is 18.2 Å². The fourth-order valence-electron chi connectivity index (χ4n) is 1.03. The molecule has 15 heavy (non-hydrogen) atoms. The van der Waals surface area contributed by atoms with Gasteiger partial charge in [0.25, 0.3) is 0 Å². The predicted octanol–water partition coefficient (Wildman–Crippen LogP) is 2.39. The Hall–Kier alpha value is -0.710. The van der Waals surface area contributed by atoms with Crippen LogP contribution in [-0.4, -0.2) is 32.5 Å². The number of para-hydroxylation sites is 1. The van der Waals surface area contributed by atoms with Crippen molar-refractivity contribution in [1.82, 2.24) is 0 Å². The van der Waals surface area contributed by atoms with Gasteiger partial charge >= 0.3 is 0 Å². The standard InChI is InChI=1S/C11H17NO2S/c1-12(11-6-4-3-5-7-11)14-10-13-8-9-15-2/h3-7H,8-10H2,1-2H3. The smallest absolute Gasteiger partial charge is 0.173 e. The Balaban J connectivity index is 2.16. The summed E-state index contributed by atoms with van der Waals surface area (Å²) >= 11 is 1.76. The fourth-order valence-corrected chi connectivity index (χ4v) is 1.31. The highest BCUT2D eigenvalue weighted by Crippen LogP contribution is 2.10. The van der Waals surface area contributed by atoms with Crippen LogP contribution in [0, 0.1) is 0 Å². The second-order valence-corrected chi connectivity index (χ2v) is 3.97. The summed E-state index contributed by atoms with van der Waals surface area (Å²) in [6.07, 6.45) is 2.06. The number of nitrogens with zero attached hydrogens (tertiary/aromatic N) is 1. The van der Waals surface area contributed by atoms with E-state index in [-0.39, 0.29) is 0 Å². The highest BCUT2D eigenvalue weighted by Gasteiger charge is 1.98. The van der Waals surface area contributed by atoms with E-state index in [2.05, 4.69) is 6.26 Å². The first-order valence-corrected chi connectivity index (χ1v) is 6.22. The SMILES string of the molecule is CSCCOCON(C)c1ccccc1. The van der Waals surface area contributed by atoms with Crippen LogP contribution in [0.1, 0.15) is 0 Å². The first-order valence-electron chi connectivity index (χ1n) is 4.83. The molecule has 0 saturated heterocycles. The maximum Gasteiger partial charge on any atom is 0.173 e. The lowest BCUT2D eigenvalue weighted by atomic mass is 10.3. The molecule has 4 heteroatoms. The Labute approximate surface area is 95.3 Å². The number of hydroxylamine groups is 1. The van der Waals surface area contributed by atoms with Crippen molar-refractivity contribution >= 4 is 17.4 Å². The molecule has 0 radical (unpaired) electrons. The van der Waals surface area contributed by atoms with Crippen molar-refractivity contribution in [2.45, 2.75) is 0 Å². The zero-order valence-electron chi connectivity index (χ0n) is 9.18.